The van der Waals surface area contributed by atoms with Crippen LogP contribution in [-0.4, -0.2) is 29.2 Å². The molecule has 0 bridgehead atoms. The van der Waals surface area contributed by atoms with Gasteiger partial charge in [0.1, 0.15) is 11.6 Å². The quantitative estimate of drug-likeness (QED) is 0.310. The van der Waals surface area contributed by atoms with Crippen molar-refractivity contribution in [1.82, 2.24) is 9.78 Å². The van der Waals surface area contributed by atoms with Gasteiger partial charge < -0.3 is 14.7 Å². The number of aromatic nitrogens is 2. The van der Waals surface area contributed by atoms with E-state index < -0.39 is 0 Å². The fraction of sp³-hybridized carbons (Fsp3) is 0.538. The highest BCUT2D eigenvalue weighted by Gasteiger charge is 2.45. The first-order chi connectivity index (χ1) is 15.8. The van der Waals surface area contributed by atoms with Gasteiger partial charge in [-0.1, -0.05) is 40.2 Å². The minimum atomic E-state index is 0.00485. The van der Waals surface area contributed by atoms with Crippen molar-refractivity contribution in [3.8, 4) is 17.0 Å². The number of thiol groups is 1. The third-order valence-electron chi connectivity index (χ3n) is 7.40. The first-order valence-corrected chi connectivity index (χ1v) is 12.2. The summed E-state index contributed by atoms with van der Waals surface area (Å²) >= 11 is 3.88. The van der Waals surface area contributed by atoms with Crippen LogP contribution in [0.2, 0.25) is 0 Å². The lowest BCUT2D eigenvalue weighted by Gasteiger charge is -2.15. The highest BCUT2D eigenvalue weighted by atomic mass is 32.1. The molecule has 1 aliphatic heterocycles. The van der Waals surface area contributed by atoms with Crippen LogP contribution in [0.3, 0.4) is 0 Å². The van der Waals surface area contributed by atoms with E-state index in [0.717, 1.165) is 34.8 Å². The van der Waals surface area contributed by atoms with E-state index in [-0.39, 0.29) is 5.41 Å². The van der Waals surface area contributed by atoms with E-state index in [9.17, 15) is 0 Å². The largest absolute Gasteiger partial charge is 0.492 e. The Balaban J connectivity index is 0.000000183. The molecule has 2 aromatic rings. The summed E-state index contributed by atoms with van der Waals surface area (Å²) in [7, 11) is 0. The van der Waals surface area contributed by atoms with Gasteiger partial charge in [-0.05, 0) is 74.8 Å². The summed E-state index contributed by atoms with van der Waals surface area (Å²) in [5.41, 5.74) is 8.69. The topological polar surface area (TPSA) is 74.7 Å². The summed E-state index contributed by atoms with van der Waals surface area (Å²) in [6, 6.07) is 7.92. The molecule has 33 heavy (non-hydrogen) atoms. The Labute approximate surface area is 202 Å². The van der Waals surface area contributed by atoms with Gasteiger partial charge in [-0.2, -0.15) is 9.78 Å². The first-order valence-electron chi connectivity index (χ1n) is 11.9. The average molecular weight is 469 g/mol. The summed E-state index contributed by atoms with van der Waals surface area (Å²) in [5.74, 6) is 4.66. The van der Waals surface area contributed by atoms with E-state index in [1.807, 2.05) is 18.2 Å². The molecular weight excluding hydrogens is 432 g/mol. The van der Waals surface area contributed by atoms with Crippen LogP contribution in [0, 0.1) is 17.8 Å². The summed E-state index contributed by atoms with van der Waals surface area (Å²) in [5, 5.41) is 4.44. The van der Waals surface area contributed by atoms with Crippen molar-refractivity contribution < 1.29 is 8.92 Å². The van der Waals surface area contributed by atoms with Crippen molar-refractivity contribution in [1.29, 1.82) is 0 Å². The standard InChI is InChI=1S/C16H18N4O.C10H18OS/c1-10(17)20-15(18-4)8-13(19-20)11-5-6-14-12(7-11)16(2,3)9-21-14;1-2-7-3-4-8(5-7)9-6-10(9)11-12/h5-8H,1,4,9,17H2,2-3H3;7-10,12H,2-6H2,1H3/t;7-,8?,9-,10?/m.0/s1. The molecule has 2 unspecified atom stereocenters. The second-order valence-electron chi connectivity index (χ2n) is 10.2. The first kappa shape index (κ1) is 23.9. The van der Waals surface area contributed by atoms with E-state index in [2.05, 4.69) is 63.1 Å². The number of rotatable bonds is 6. The Morgan fingerprint density at radius 2 is 2.12 bits per heavy atom. The van der Waals surface area contributed by atoms with Gasteiger partial charge >= 0.3 is 0 Å². The van der Waals surface area contributed by atoms with Crippen LogP contribution in [-0.2, 0) is 9.60 Å². The normalized spacial score (nSPS) is 26.7. The second-order valence-corrected chi connectivity index (χ2v) is 10.4. The van der Waals surface area contributed by atoms with E-state index >= 15 is 0 Å². The molecule has 0 radical (unpaired) electrons. The van der Waals surface area contributed by atoms with Gasteiger partial charge in [0, 0.05) is 22.6 Å². The van der Waals surface area contributed by atoms with Gasteiger partial charge in [0.2, 0.25) is 0 Å². The maximum Gasteiger partial charge on any atom is 0.157 e. The summed E-state index contributed by atoms with van der Waals surface area (Å²) < 4.78 is 12.2. The molecule has 0 amide bonds. The molecule has 7 heteroatoms. The van der Waals surface area contributed by atoms with Gasteiger partial charge in [-0.25, -0.2) is 4.99 Å². The van der Waals surface area contributed by atoms with Crippen molar-refractivity contribution in [2.45, 2.75) is 64.4 Å². The Bertz CT molecular complexity index is 1030. The molecule has 1 aromatic heterocycles. The summed E-state index contributed by atoms with van der Waals surface area (Å²) in [4.78, 5) is 3.92. The molecule has 0 spiro atoms. The molecule has 5 rings (SSSR count). The molecule has 6 nitrogen and oxygen atoms in total. The molecule has 4 atom stereocenters. The van der Waals surface area contributed by atoms with E-state index in [4.69, 9.17) is 14.7 Å². The van der Waals surface area contributed by atoms with Crippen LogP contribution in [0.5, 0.6) is 5.75 Å². The van der Waals surface area contributed by atoms with Gasteiger partial charge in [-0.3, -0.25) is 0 Å². The lowest BCUT2D eigenvalue weighted by Crippen LogP contribution is -2.18. The highest BCUT2D eigenvalue weighted by molar-refractivity contribution is 7.75. The number of aliphatic imine (C=N–C) groups is 1. The van der Waals surface area contributed by atoms with Crippen LogP contribution >= 0.6 is 12.9 Å². The molecule has 1 aromatic carbocycles. The fourth-order valence-corrected chi connectivity index (χ4v) is 5.44. The van der Waals surface area contributed by atoms with Gasteiger partial charge in [0.25, 0.3) is 0 Å². The molecule has 3 aliphatic rings. The van der Waals surface area contributed by atoms with E-state index in [0.29, 0.717) is 24.3 Å². The molecular formula is C26H36N4O2S. The molecule has 0 saturated heterocycles. The van der Waals surface area contributed by atoms with Crippen LogP contribution in [0.4, 0.5) is 5.82 Å². The van der Waals surface area contributed by atoms with Gasteiger partial charge in [-0.15, -0.1) is 0 Å². The highest BCUT2D eigenvalue weighted by Crippen LogP contribution is 2.49. The third kappa shape index (κ3) is 4.99. The monoisotopic (exact) mass is 468 g/mol. The molecule has 2 fully saturated rings. The predicted molar refractivity (Wildman–Crippen MR) is 138 cm³/mol. The van der Waals surface area contributed by atoms with E-state index in [1.54, 1.807) is 0 Å². The lowest BCUT2D eigenvalue weighted by molar-refractivity contribution is 0.291. The smallest absolute Gasteiger partial charge is 0.157 e. The number of hydrogen-bond acceptors (Lipinski definition) is 6. The molecule has 2 heterocycles. The minimum absolute atomic E-state index is 0.00485. The summed E-state index contributed by atoms with van der Waals surface area (Å²) in [6.45, 7) is 14.6. The SMILES string of the molecule is C=Nc1cc(-c2ccc3c(c2)C(C)(C)CO3)nn1C(=C)N.CC[C@H]1CCC([C@@H]2CC2OS)C1. The number of ether oxygens (including phenoxy) is 1. The zero-order valence-electron chi connectivity index (χ0n) is 20.0. The van der Waals surface area contributed by atoms with Crippen molar-refractivity contribution >= 4 is 31.3 Å². The van der Waals surface area contributed by atoms with Crippen molar-refractivity contribution in [2.24, 2.45) is 28.5 Å². The zero-order chi connectivity index (χ0) is 23.8. The zero-order valence-corrected chi connectivity index (χ0v) is 20.9. The molecule has 178 valence electrons. The fourth-order valence-electron chi connectivity index (χ4n) is 5.20. The summed E-state index contributed by atoms with van der Waals surface area (Å²) in [6.07, 6.45) is 7.48. The van der Waals surface area contributed by atoms with Crippen molar-refractivity contribution in [2.75, 3.05) is 6.61 Å². The average Bonchev–Trinajstić information content (AvgIpc) is 3.14. The number of fused-ring (bicyclic) bond motifs is 1. The molecule has 2 aliphatic carbocycles. The second kappa shape index (κ2) is 9.55. The number of nitrogens with two attached hydrogens (primary N) is 1. The van der Waals surface area contributed by atoms with Crippen LogP contribution in [0.15, 0.2) is 35.8 Å². The maximum atomic E-state index is 5.71. The van der Waals surface area contributed by atoms with E-state index in [1.165, 1.54) is 42.3 Å². The minimum Gasteiger partial charge on any atom is -0.492 e. The van der Waals surface area contributed by atoms with Crippen LogP contribution in [0.25, 0.3) is 17.1 Å². The predicted octanol–water partition coefficient (Wildman–Crippen LogP) is 6.00. The van der Waals surface area contributed by atoms with Gasteiger partial charge in [0.15, 0.2) is 5.82 Å². The third-order valence-corrected chi connectivity index (χ3v) is 7.67. The van der Waals surface area contributed by atoms with Crippen LogP contribution < -0.4 is 10.5 Å². The van der Waals surface area contributed by atoms with Gasteiger partial charge in [0.05, 0.1) is 18.4 Å². The Hall–Kier alpha value is -2.25. The van der Waals surface area contributed by atoms with Crippen molar-refractivity contribution in [3.63, 3.8) is 0 Å². The maximum absolute atomic E-state index is 5.71. The lowest BCUT2D eigenvalue weighted by atomic mass is 9.86. The van der Waals surface area contributed by atoms with Crippen LogP contribution in [0.1, 0.15) is 58.4 Å². The number of nitrogens with zero attached hydrogens (tertiary/aromatic N) is 3. The van der Waals surface area contributed by atoms with Crippen molar-refractivity contribution in [3.05, 3.63) is 36.4 Å². The number of benzene rings is 1. The Morgan fingerprint density at radius 1 is 1.33 bits per heavy atom. The Morgan fingerprint density at radius 3 is 2.70 bits per heavy atom. The molecule has 2 saturated carbocycles. The molecule has 2 N–H and O–H groups in total. The Kier molecular flexibility index (Phi) is 6.91. The number of hydrogen-bond donors (Lipinski definition) is 2.